The van der Waals surface area contributed by atoms with Crippen molar-refractivity contribution in [3.63, 3.8) is 0 Å². The maximum absolute atomic E-state index is 11.7. The molecule has 6 bridgehead atoms. The Labute approximate surface area is 252 Å². The number of hydrogen-bond acceptors (Lipinski definition) is 8. The number of nitrogens with zero attached hydrogens (tertiary/aromatic N) is 4. The molecule has 0 spiro atoms. The smallest absolute Gasteiger partial charge is 0.368 e. The Hall–Kier alpha value is -4.40. The molecule has 3 heterocycles. The van der Waals surface area contributed by atoms with Crippen molar-refractivity contribution in [2.45, 2.75) is 32.1 Å². The number of anilines is 5. The zero-order valence-electron chi connectivity index (χ0n) is 23.0. The first kappa shape index (κ1) is 32.5. The van der Waals surface area contributed by atoms with Gasteiger partial charge in [-0.3, -0.25) is 14.4 Å². The number of ketones is 2. The van der Waals surface area contributed by atoms with Gasteiger partial charge in [-0.05, 0) is 54.3 Å². The first-order valence-corrected chi connectivity index (χ1v) is 13.5. The van der Waals surface area contributed by atoms with Gasteiger partial charge >= 0.3 is 23.9 Å². The summed E-state index contributed by atoms with van der Waals surface area (Å²) >= 11 is 6.37. The van der Waals surface area contributed by atoms with Crippen molar-refractivity contribution in [2.75, 3.05) is 41.7 Å². The maximum Gasteiger partial charge on any atom is 0.458 e. The Balaban J connectivity index is 0.000000314. The highest BCUT2D eigenvalue weighted by Gasteiger charge is 2.54. The number of Topliss-reactive ketones (excluding diaryl/α,β-unsaturated/α-hetero) is 2. The highest BCUT2D eigenvalue weighted by molar-refractivity contribution is 6.41. The molecule has 2 N–H and O–H groups in total. The van der Waals surface area contributed by atoms with Crippen molar-refractivity contribution in [2.24, 2.45) is 0 Å². The number of rotatable bonds is 2. The molecule has 0 saturated carbocycles. The van der Waals surface area contributed by atoms with Crippen LogP contribution in [0.5, 0.6) is 0 Å². The van der Waals surface area contributed by atoms with Crippen molar-refractivity contribution in [3.8, 4) is 0 Å². The minimum atomic E-state index is -5.77. The summed E-state index contributed by atoms with van der Waals surface area (Å²) in [6, 6.07) is 14.7. The fraction of sp³-hybridized carbons (Fsp3) is 0.321. The lowest BCUT2D eigenvalue weighted by Gasteiger charge is -2.36. The molecule has 5 rings (SSSR count). The van der Waals surface area contributed by atoms with Gasteiger partial charge in [-0.25, -0.2) is 4.98 Å². The molecule has 2 aliphatic rings. The monoisotopic (exact) mass is 642 g/mol. The molecule has 1 fully saturated rings. The summed E-state index contributed by atoms with van der Waals surface area (Å²) in [7, 11) is 0. The predicted molar refractivity (Wildman–Crippen MR) is 150 cm³/mol. The van der Waals surface area contributed by atoms with Gasteiger partial charge in [0.15, 0.2) is 5.82 Å². The standard InChI is InChI=1S/C24H25ClN6O.C4F6O2/c1-16(32)30-9-11-31(12-10-30)22-8-7-20-14-18(22)6-5-17-3-2-4-19(13-17)28-24-26-15-21(25)23(27-20)29-24;5-3(6,7)1(11)2(12)4(8,9)10/h2-4,7-8,13-15H,5-6,9-12H2,1H3,(H2,26,27,28,29);. The Bertz CT molecular complexity index is 1530. The van der Waals surface area contributed by atoms with Crippen molar-refractivity contribution >= 4 is 57.9 Å². The first-order chi connectivity index (χ1) is 20.6. The third kappa shape index (κ3) is 8.15. The van der Waals surface area contributed by atoms with E-state index in [0.29, 0.717) is 16.8 Å². The lowest BCUT2D eigenvalue weighted by Crippen LogP contribution is -2.48. The van der Waals surface area contributed by atoms with E-state index in [0.717, 1.165) is 50.4 Å². The van der Waals surface area contributed by atoms with E-state index >= 15 is 0 Å². The Morgan fingerprint density at radius 3 is 2.09 bits per heavy atom. The van der Waals surface area contributed by atoms with Gasteiger partial charge in [-0.1, -0.05) is 23.7 Å². The summed E-state index contributed by atoms with van der Waals surface area (Å²) < 4.78 is 67.0. The van der Waals surface area contributed by atoms with E-state index in [1.54, 1.807) is 13.1 Å². The van der Waals surface area contributed by atoms with E-state index in [9.17, 15) is 40.7 Å². The molecule has 16 heteroatoms. The summed E-state index contributed by atoms with van der Waals surface area (Å²) in [4.78, 5) is 44.1. The van der Waals surface area contributed by atoms with Gasteiger partial charge in [0.2, 0.25) is 11.9 Å². The van der Waals surface area contributed by atoms with Gasteiger partial charge in [-0.15, -0.1) is 0 Å². The molecule has 1 aromatic heterocycles. The second-order valence-corrected chi connectivity index (χ2v) is 10.2. The molecular weight excluding hydrogens is 618 g/mol. The third-order valence-electron chi connectivity index (χ3n) is 6.74. The highest BCUT2D eigenvalue weighted by atomic mass is 35.5. The molecule has 9 nitrogen and oxygen atoms in total. The number of benzene rings is 2. The van der Waals surface area contributed by atoms with Gasteiger partial charge in [0.05, 0.1) is 6.20 Å². The van der Waals surface area contributed by atoms with E-state index < -0.39 is 23.9 Å². The molecule has 234 valence electrons. The summed E-state index contributed by atoms with van der Waals surface area (Å²) in [5, 5.41) is 7.09. The third-order valence-corrected chi connectivity index (χ3v) is 7.02. The minimum absolute atomic E-state index is 0.143. The van der Waals surface area contributed by atoms with Crippen LogP contribution in [0.1, 0.15) is 18.1 Å². The number of amides is 1. The number of piperazine rings is 1. The molecule has 1 saturated heterocycles. The van der Waals surface area contributed by atoms with Crippen molar-refractivity contribution in [3.05, 3.63) is 64.8 Å². The Morgan fingerprint density at radius 1 is 0.841 bits per heavy atom. The predicted octanol–water partition coefficient (Wildman–Crippen LogP) is 5.63. The first-order valence-electron chi connectivity index (χ1n) is 13.1. The molecule has 44 heavy (non-hydrogen) atoms. The Morgan fingerprint density at radius 2 is 1.48 bits per heavy atom. The summed E-state index contributed by atoms with van der Waals surface area (Å²) in [6.45, 7) is 4.81. The Kier molecular flexibility index (Phi) is 9.66. The molecule has 0 atom stereocenters. The second kappa shape index (κ2) is 13.1. The topological polar surface area (TPSA) is 108 Å². The zero-order chi connectivity index (χ0) is 32.2. The van der Waals surface area contributed by atoms with Crippen molar-refractivity contribution in [1.82, 2.24) is 14.9 Å². The molecule has 0 aliphatic carbocycles. The van der Waals surface area contributed by atoms with Gasteiger partial charge in [0.25, 0.3) is 0 Å². The van der Waals surface area contributed by atoms with Crippen LogP contribution >= 0.6 is 11.6 Å². The van der Waals surface area contributed by atoms with E-state index in [-0.39, 0.29) is 5.91 Å². The average molecular weight is 643 g/mol. The number of halogens is 7. The quantitative estimate of drug-likeness (QED) is 0.274. The van der Waals surface area contributed by atoms with E-state index in [4.69, 9.17) is 11.6 Å². The number of hydrogen-bond donors (Lipinski definition) is 2. The molecule has 3 aromatic rings. The van der Waals surface area contributed by atoms with Crippen molar-refractivity contribution < 1.29 is 40.7 Å². The average Bonchev–Trinajstić information content (AvgIpc) is 2.97. The number of fused-ring (bicyclic) bond motifs is 6. The van der Waals surface area contributed by atoms with Crippen LogP contribution in [0.15, 0.2) is 48.7 Å². The van der Waals surface area contributed by atoms with Gasteiger partial charge in [-0.2, -0.15) is 31.3 Å². The molecule has 0 radical (unpaired) electrons. The maximum atomic E-state index is 11.7. The molecule has 0 unspecified atom stereocenters. The van der Waals surface area contributed by atoms with Crippen LogP contribution in [-0.4, -0.2) is 70.9 Å². The van der Waals surface area contributed by atoms with Crippen LogP contribution in [-0.2, 0) is 27.2 Å². The summed E-state index contributed by atoms with van der Waals surface area (Å²) in [5.41, 5.74) is 5.60. The number of nitrogens with one attached hydrogen (secondary N) is 2. The van der Waals surface area contributed by atoms with Crippen LogP contribution in [0.4, 0.5) is 55.2 Å². The van der Waals surface area contributed by atoms with Gasteiger partial charge in [0.1, 0.15) is 5.02 Å². The fourth-order valence-corrected chi connectivity index (χ4v) is 4.69. The van der Waals surface area contributed by atoms with Gasteiger partial charge in [0, 0.05) is 50.2 Å². The second-order valence-electron chi connectivity index (χ2n) is 9.83. The van der Waals surface area contributed by atoms with Crippen LogP contribution < -0.4 is 15.5 Å². The number of carbonyl (C=O) groups is 3. The lowest BCUT2D eigenvalue weighted by molar-refractivity contribution is -0.193. The van der Waals surface area contributed by atoms with Crippen LogP contribution in [0, 0.1) is 0 Å². The number of aryl methyl sites for hydroxylation is 2. The van der Waals surface area contributed by atoms with Crippen LogP contribution in [0.2, 0.25) is 5.02 Å². The molecular formula is C28H25ClF6N6O3. The van der Waals surface area contributed by atoms with E-state index in [2.05, 4.69) is 55.8 Å². The summed E-state index contributed by atoms with van der Waals surface area (Å²) in [5.74, 6) is -5.61. The fourth-order valence-electron chi connectivity index (χ4n) is 4.56. The van der Waals surface area contributed by atoms with E-state index in [1.165, 1.54) is 16.8 Å². The summed E-state index contributed by atoms with van der Waals surface area (Å²) in [6.07, 6.45) is -8.12. The highest BCUT2D eigenvalue weighted by Crippen LogP contribution is 2.31. The minimum Gasteiger partial charge on any atom is -0.368 e. The molecule has 2 aromatic carbocycles. The lowest BCUT2D eigenvalue weighted by atomic mass is 10.0. The van der Waals surface area contributed by atoms with Crippen molar-refractivity contribution in [1.29, 1.82) is 0 Å². The zero-order valence-corrected chi connectivity index (χ0v) is 23.8. The SMILES string of the molecule is CC(=O)N1CCN(c2ccc3cc2CCc2cccc(c2)Nc2ncc(Cl)c(n2)N3)CC1.O=C(C(=O)C(F)(F)F)C(F)(F)F. The van der Waals surface area contributed by atoms with Crippen LogP contribution in [0.25, 0.3) is 0 Å². The van der Waals surface area contributed by atoms with Crippen LogP contribution in [0.3, 0.4) is 0 Å². The molecule has 2 aliphatic heterocycles. The number of carbonyl (C=O) groups excluding carboxylic acids is 3. The number of alkyl halides is 6. The number of aromatic nitrogens is 2. The largest absolute Gasteiger partial charge is 0.458 e. The van der Waals surface area contributed by atoms with E-state index in [1.807, 2.05) is 17.0 Å². The molecule has 1 amide bonds. The van der Waals surface area contributed by atoms with Gasteiger partial charge < -0.3 is 20.4 Å². The normalized spacial score (nSPS) is 14.8.